The average Bonchev–Trinajstić information content (AvgIpc) is 2.52. The fourth-order valence-electron chi connectivity index (χ4n) is 1.28. The van der Waals surface area contributed by atoms with Crippen molar-refractivity contribution < 1.29 is 19.0 Å². The Bertz CT molecular complexity index is 264. The fourth-order valence-corrected chi connectivity index (χ4v) is 1.28. The summed E-state index contributed by atoms with van der Waals surface area (Å²) in [6.45, 7) is 4.34. The van der Waals surface area contributed by atoms with Crippen LogP contribution in [0, 0.1) is 12.3 Å². The van der Waals surface area contributed by atoms with E-state index in [-0.39, 0.29) is 25.1 Å². The standard InChI is InChI=1S/C11H16O4/c1-4-5-6-10(12)13-7-9-8-14-11(2,3)15-9/h1,9H,5-8H2,2-3H3/t9-/m0/s1. The van der Waals surface area contributed by atoms with E-state index in [9.17, 15) is 4.79 Å². The van der Waals surface area contributed by atoms with E-state index in [2.05, 4.69) is 5.92 Å². The van der Waals surface area contributed by atoms with E-state index >= 15 is 0 Å². The molecule has 1 saturated heterocycles. The Morgan fingerprint density at radius 3 is 2.93 bits per heavy atom. The molecule has 0 N–H and O–H groups in total. The average molecular weight is 212 g/mol. The third-order valence-electron chi connectivity index (χ3n) is 1.97. The topological polar surface area (TPSA) is 44.8 Å². The van der Waals surface area contributed by atoms with Crippen molar-refractivity contribution in [3.63, 3.8) is 0 Å². The number of terminal acetylenes is 1. The van der Waals surface area contributed by atoms with Gasteiger partial charge in [0.05, 0.1) is 13.0 Å². The molecule has 0 aliphatic carbocycles. The Balaban J connectivity index is 2.16. The Labute approximate surface area is 89.9 Å². The molecule has 0 aromatic heterocycles. The molecule has 0 aromatic rings. The van der Waals surface area contributed by atoms with Gasteiger partial charge in [-0.05, 0) is 13.8 Å². The van der Waals surface area contributed by atoms with Gasteiger partial charge in [-0.15, -0.1) is 12.3 Å². The SMILES string of the molecule is C#CCCC(=O)OC[C@H]1COC(C)(C)O1. The zero-order chi connectivity index (χ0) is 11.3. The molecule has 0 aromatic carbocycles. The third kappa shape index (κ3) is 4.32. The second-order valence-corrected chi connectivity index (χ2v) is 3.84. The lowest BCUT2D eigenvalue weighted by atomic mass is 10.3. The predicted octanol–water partition coefficient (Wildman–Crippen LogP) is 1.09. The first-order valence-electron chi connectivity index (χ1n) is 4.94. The summed E-state index contributed by atoms with van der Waals surface area (Å²) in [6, 6.07) is 0. The van der Waals surface area contributed by atoms with E-state index in [0.29, 0.717) is 13.0 Å². The van der Waals surface area contributed by atoms with Crippen LogP contribution in [-0.4, -0.2) is 31.1 Å². The molecule has 4 nitrogen and oxygen atoms in total. The molecule has 1 fully saturated rings. The van der Waals surface area contributed by atoms with Crippen LogP contribution in [0.1, 0.15) is 26.7 Å². The summed E-state index contributed by atoms with van der Waals surface area (Å²) in [5.41, 5.74) is 0. The molecule has 0 bridgehead atoms. The summed E-state index contributed by atoms with van der Waals surface area (Å²) in [5, 5.41) is 0. The molecule has 1 heterocycles. The van der Waals surface area contributed by atoms with Crippen LogP contribution in [-0.2, 0) is 19.0 Å². The van der Waals surface area contributed by atoms with Gasteiger partial charge in [-0.3, -0.25) is 4.79 Å². The van der Waals surface area contributed by atoms with Crippen LogP contribution in [0.15, 0.2) is 0 Å². The van der Waals surface area contributed by atoms with Gasteiger partial charge in [0.2, 0.25) is 0 Å². The quantitative estimate of drug-likeness (QED) is 0.517. The van der Waals surface area contributed by atoms with Crippen molar-refractivity contribution in [1.82, 2.24) is 0 Å². The Hall–Kier alpha value is -1.05. The summed E-state index contributed by atoms with van der Waals surface area (Å²) >= 11 is 0. The molecule has 0 spiro atoms. The van der Waals surface area contributed by atoms with Gasteiger partial charge in [-0.25, -0.2) is 0 Å². The predicted molar refractivity (Wildman–Crippen MR) is 53.9 cm³/mol. The third-order valence-corrected chi connectivity index (χ3v) is 1.97. The maximum absolute atomic E-state index is 11.1. The second kappa shape index (κ2) is 5.15. The van der Waals surface area contributed by atoms with Crippen LogP contribution in [0.3, 0.4) is 0 Å². The summed E-state index contributed by atoms with van der Waals surface area (Å²) in [5.74, 6) is 1.52. The maximum atomic E-state index is 11.1. The molecular formula is C11H16O4. The van der Waals surface area contributed by atoms with E-state index < -0.39 is 5.79 Å². The Morgan fingerprint density at radius 1 is 1.67 bits per heavy atom. The lowest BCUT2D eigenvalue weighted by Gasteiger charge is -2.16. The number of carbonyl (C=O) groups excluding carboxylic acids is 1. The van der Waals surface area contributed by atoms with E-state index in [4.69, 9.17) is 20.6 Å². The van der Waals surface area contributed by atoms with Crippen molar-refractivity contribution in [3.05, 3.63) is 0 Å². The molecule has 0 amide bonds. The van der Waals surface area contributed by atoms with Crippen LogP contribution in [0.25, 0.3) is 0 Å². The Morgan fingerprint density at radius 2 is 2.40 bits per heavy atom. The summed E-state index contributed by atoms with van der Waals surface area (Å²) in [6.07, 6.45) is 5.52. The molecule has 0 radical (unpaired) electrons. The molecule has 1 aliphatic heterocycles. The molecule has 0 unspecified atom stereocenters. The van der Waals surface area contributed by atoms with Gasteiger partial charge in [-0.2, -0.15) is 0 Å². The van der Waals surface area contributed by atoms with Gasteiger partial charge in [0.1, 0.15) is 12.7 Å². The first-order valence-corrected chi connectivity index (χ1v) is 4.94. The smallest absolute Gasteiger partial charge is 0.306 e. The van der Waals surface area contributed by atoms with Crippen molar-refractivity contribution in [1.29, 1.82) is 0 Å². The molecule has 0 saturated carbocycles. The van der Waals surface area contributed by atoms with Crippen LogP contribution in [0.4, 0.5) is 0 Å². The minimum absolute atomic E-state index is 0.171. The first-order chi connectivity index (χ1) is 7.03. The molecule has 1 atom stereocenters. The van der Waals surface area contributed by atoms with E-state index in [1.54, 1.807) is 0 Å². The van der Waals surface area contributed by atoms with Crippen LogP contribution < -0.4 is 0 Å². The molecule has 1 rings (SSSR count). The van der Waals surface area contributed by atoms with Crippen molar-refractivity contribution in [2.75, 3.05) is 13.2 Å². The number of esters is 1. The Kier molecular flexibility index (Phi) is 4.13. The molecule has 4 heteroatoms. The van der Waals surface area contributed by atoms with Crippen molar-refractivity contribution in [2.45, 2.75) is 38.6 Å². The van der Waals surface area contributed by atoms with E-state index in [1.807, 2.05) is 13.8 Å². The summed E-state index contributed by atoms with van der Waals surface area (Å²) in [7, 11) is 0. The summed E-state index contributed by atoms with van der Waals surface area (Å²) in [4.78, 5) is 11.1. The highest BCUT2D eigenvalue weighted by molar-refractivity contribution is 5.69. The molecule has 84 valence electrons. The highest BCUT2D eigenvalue weighted by atomic mass is 16.7. The van der Waals surface area contributed by atoms with Crippen LogP contribution in [0.2, 0.25) is 0 Å². The van der Waals surface area contributed by atoms with Gasteiger partial charge in [0.15, 0.2) is 5.79 Å². The largest absolute Gasteiger partial charge is 0.463 e. The van der Waals surface area contributed by atoms with Crippen molar-refractivity contribution >= 4 is 5.97 Å². The normalized spacial score (nSPS) is 23.4. The minimum Gasteiger partial charge on any atom is -0.463 e. The van der Waals surface area contributed by atoms with Gasteiger partial charge in [0, 0.05) is 6.42 Å². The van der Waals surface area contributed by atoms with Gasteiger partial charge < -0.3 is 14.2 Å². The van der Waals surface area contributed by atoms with Crippen LogP contribution in [0.5, 0.6) is 0 Å². The zero-order valence-electron chi connectivity index (χ0n) is 9.12. The van der Waals surface area contributed by atoms with Crippen LogP contribution >= 0.6 is 0 Å². The minimum atomic E-state index is -0.574. The van der Waals surface area contributed by atoms with Gasteiger partial charge in [0.25, 0.3) is 0 Å². The number of carbonyl (C=O) groups is 1. The molecule has 1 aliphatic rings. The number of rotatable bonds is 4. The highest BCUT2D eigenvalue weighted by Crippen LogP contribution is 2.22. The van der Waals surface area contributed by atoms with Crippen molar-refractivity contribution in [3.8, 4) is 12.3 Å². The number of hydrogen-bond acceptors (Lipinski definition) is 4. The second-order valence-electron chi connectivity index (χ2n) is 3.84. The van der Waals surface area contributed by atoms with Crippen molar-refractivity contribution in [2.24, 2.45) is 0 Å². The lowest BCUT2D eigenvalue weighted by Crippen LogP contribution is -2.25. The fraction of sp³-hybridized carbons (Fsp3) is 0.727. The first kappa shape index (κ1) is 12.0. The zero-order valence-corrected chi connectivity index (χ0v) is 9.12. The number of ether oxygens (including phenoxy) is 3. The van der Waals surface area contributed by atoms with Gasteiger partial charge in [-0.1, -0.05) is 0 Å². The van der Waals surface area contributed by atoms with E-state index in [1.165, 1.54) is 0 Å². The van der Waals surface area contributed by atoms with E-state index in [0.717, 1.165) is 0 Å². The molecule has 15 heavy (non-hydrogen) atoms. The summed E-state index contributed by atoms with van der Waals surface area (Å²) < 4.78 is 15.8. The van der Waals surface area contributed by atoms with Gasteiger partial charge >= 0.3 is 5.97 Å². The highest BCUT2D eigenvalue weighted by Gasteiger charge is 2.33. The monoisotopic (exact) mass is 212 g/mol. The lowest BCUT2D eigenvalue weighted by molar-refractivity contribution is -0.158. The maximum Gasteiger partial charge on any atom is 0.306 e. The molecular weight excluding hydrogens is 196 g/mol. The number of hydrogen-bond donors (Lipinski definition) is 0.